The van der Waals surface area contributed by atoms with E-state index in [0.29, 0.717) is 38.0 Å². The van der Waals surface area contributed by atoms with Crippen molar-refractivity contribution >= 4 is 22.7 Å². The van der Waals surface area contributed by atoms with Crippen molar-refractivity contribution in [3.05, 3.63) is 11.6 Å². The van der Waals surface area contributed by atoms with Gasteiger partial charge in [0.25, 0.3) is 0 Å². The fourth-order valence-electron chi connectivity index (χ4n) is 3.39. The SMILES string of the molecule is CN(C)c1nc(C2CNCCO2)nc2c(N(C)C)nc(C3CNCCO3)nc12. The van der Waals surface area contributed by atoms with E-state index in [2.05, 4.69) is 10.6 Å². The fraction of sp³-hybridized carbons (Fsp3) is 0.667. The Morgan fingerprint density at radius 3 is 1.46 bits per heavy atom. The molecule has 4 rings (SSSR count). The van der Waals surface area contributed by atoms with E-state index >= 15 is 0 Å². The first kappa shape index (κ1) is 19.2. The molecule has 2 unspecified atom stereocenters. The van der Waals surface area contributed by atoms with Crippen molar-refractivity contribution in [1.82, 2.24) is 30.6 Å². The number of anilines is 2. The van der Waals surface area contributed by atoms with Crippen LogP contribution >= 0.6 is 0 Å². The van der Waals surface area contributed by atoms with Crippen LogP contribution in [-0.4, -0.2) is 87.5 Å². The van der Waals surface area contributed by atoms with Gasteiger partial charge in [0, 0.05) is 54.4 Å². The van der Waals surface area contributed by atoms with Crippen molar-refractivity contribution in [2.24, 2.45) is 0 Å². The Morgan fingerprint density at radius 2 is 1.14 bits per heavy atom. The van der Waals surface area contributed by atoms with Gasteiger partial charge in [-0.3, -0.25) is 0 Å². The van der Waals surface area contributed by atoms with Gasteiger partial charge in [0.15, 0.2) is 23.3 Å². The minimum absolute atomic E-state index is 0.183. The summed E-state index contributed by atoms with van der Waals surface area (Å²) in [5.41, 5.74) is 1.45. The van der Waals surface area contributed by atoms with Crippen molar-refractivity contribution in [1.29, 1.82) is 0 Å². The van der Waals surface area contributed by atoms with Crippen molar-refractivity contribution in [3.8, 4) is 0 Å². The molecule has 0 aliphatic carbocycles. The second kappa shape index (κ2) is 8.08. The maximum Gasteiger partial charge on any atom is 0.161 e. The van der Waals surface area contributed by atoms with Crippen LogP contribution in [0.3, 0.4) is 0 Å². The molecule has 0 radical (unpaired) electrons. The molecule has 0 spiro atoms. The van der Waals surface area contributed by atoms with Gasteiger partial charge in [-0.1, -0.05) is 0 Å². The molecule has 2 aliphatic rings. The maximum absolute atomic E-state index is 5.88. The van der Waals surface area contributed by atoms with Crippen molar-refractivity contribution in [2.45, 2.75) is 12.2 Å². The molecule has 10 heteroatoms. The molecule has 28 heavy (non-hydrogen) atoms. The molecular weight excluding hydrogens is 360 g/mol. The Kier molecular flexibility index (Phi) is 5.54. The highest BCUT2D eigenvalue weighted by atomic mass is 16.5. The summed E-state index contributed by atoms with van der Waals surface area (Å²) >= 11 is 0. The summed E-state index contributed by atoms with van der Waals surface area (Å²) in [6, 6.07) is 0. The van der Waals surface area contributed by atoms with Gasteiger partial charge < -0.3 is 29.9 Å². The van der Waals surface area contributed by atoms with E-state index in [1.807, 2.05) is 38.0 Å². The summed E-state index contributed by atoms with van der Waals surface area (Å²) in [6.45, 7) is 4.36. The first-order valence-corrected chi connectivity index (χ1v) is 9.63. The lowest BCUT2D eigenvalue weighted by Crippen LogP contribution is -2.35. The highest BCUT2D eigenvalue weighted by Gasteiger charge is 2.26. The molecule has 2 aromatic rings. The number of aromatic nitrogens is 4. The predicted octanol–water partition coefficient (Wildman–Crippen LogP) is -0.126. The summed E-state index contributed by atoms with van der Waals surface area (Å²) in [6.07, 6.45) is -0.366. The lowest BCUT2D eigenvalue weighted by Gasteiger charge is -2.26. The minimum atomic E-state index is -0.183. The zero-order chi connectivity index (χ0) is 19.7. The number of nitrogens with zero attached hydrogens (tertiary/aromatic N) is 6. The number of fused-ring (bicyclic) bond motifs is 1. The summed E-state index contributed by atoms with van der Waals surface area (Å²) in [5.74, 6) is 2.81. The molecule has 0 saturated carbocycles. The number of hydrogen-bond donors (Lipinski definition) is 2. The van der Waals surface area contributed by atoms with E-state index in [9.17, 15) is 0 Å². The van der Waals surface area contributed by atoms with E-state index in [0.717, 1.165) is 35.8 Å². The maximum atomic E-state index is 5.88. The Hall–Kier alpha value is -2.14. The van der Waals surface area contributed by atoms with Crippen LogP contribution in [0.15, 0.2) is 0 Å². The number of nitrogens with one attached hydrogen (secondary N) is 2. The molecule has 2 saturated heterocycles. The fourth-order valence-corrected chi connectivity index (χ4v) is 3.39. The molecule has 0 aromatic carbocycles. The molecule has 2 N–H and O–H groups in total. The van der Waals surface area contributed by atoms with Gasteiger partial charge in [0.05, 0.1) is 13.2 Å². The van der Waals surface area contributed by atoms with Crippen molar-refractivity contribution in [3.63, 3.8) is 0 Å². The van der Waals surface area contributed by atoms with E-state index in [-0.39, 0.29) is 12.2 Å². The van der Waals surface area contributed by atoms with E-state index in [1.54, 1.807) is 0 Å². The van der Waals surface area contributed by atoms with Crippen LogP contribution in [0, 0.1) is 0 Å². The summed E-state index contributed by atoms with van der Waals surface area (Å²) in [5, 5.41) is 6.67. The van der Waals surface area contributed by atoms with E-state index in [4.69, 9.17) is 29.4 Å². The number of hydrogen-bond acceptors (Lipinski definition) is 10. The third-order valence-corrected chi connectivity index (χ3v) is 4.82. The van der Waals surface area contributed by atoms with Crippen LogP contribution in [0.2, 0.25) is 0 Å². The Bertz CT molecular complexity index is 763. The zero-order valence-corrected chi connectivity index (χ0v) is 16.9. The highest BCUT2D eigenvalue weighted by Crippen LogP contribution is 2.31. The van der Waals surface area contributed by atoms with Crippen molar-refractivity contribution in [2.75, 3.05) is 77.4 Å². The van der Waals surface area contributed by atoms with Crippen LogP contribution in [0.5, 0.6) is 0 Å². The van der Waals surface area contributed by atoms with Crippen LogP contribution in [0.4, 0.5) is 11.6 Å². The molecule has 152 valence electrons. The molecule has 2 aliphatic heterocycles. The van der Waals surface area contributed by atoms with Crippen molar-refractivity contribution < 1.29 is 9.47 Å². The lowest BCUT2D eigenvalue weighted by atomic mass is 10.2. The van der Waals surface area contributed by atoms with Gasteiger partial charge in [-0.15, -0.1) is 0 Å². The van der Waals surface area contributed by atoms with Crippen LogP contribution < -0.4 is 20.4 Å². The molecule has 0 bridgehead atoms. The third-order valence-electron chi connectivity index (χ3n) is 4.82. The largest absolute Gasteiger partial charge is 0.368 e. The zero-order valence-electron chi connectivity index (χ0n) is 16.9. The first-order valence-electron chi connectivity index (χ1n) is 9.63. The van der Waals surface area contributed by atoms with Gasteiger partial charge >= 0.3 is 0 Å². The molecule has 0 amide bonds. The van der Waals surface area contributed by atoms with Crippen LogP contribution in [0.25, 0.3) is 11.0 Å². The standard InChI is InChI=1S/C18H28N8O2/c1-25(2)17-13-14(22-15(23-17)11-9-19-5-7-27-11)18(26(3)4)24-16(21-13)12-10-20-6-8-28-12/h11-12,19-20H,5-10H2,1-4H3. The van der Waals surface area contributed by atoms with Gasteiger partial charge in [-0.05, 0) is 0 Å². The molecule has 4 heterocycles. The van der Waals surface area contributed by atoms with Crippen LogP contribution in [-0.2, 0) is 9.47 Å². The smallest absolute Gasteiger partial charge is 0.161 e. The second-order valence-electron chi connectivity index (χ2n) is 7.42. The van der Waals surface area contributed by atoms with E-state index < -0.39 is 0 Å². The van der Waals surface area contributed by atoms with Gasteiger partial charge in [0.1, 0.15) is 23.2 Å². The normalized spacial score (nSPS) is 23.0. The molecule has 10 nitrogen and oxygen atoms in total. The first-order chi connectivity index (χ1) is 13.5. The Morgan fingerprint density at radius 1 is 0.714 bits per heavy atom. The van der Waals surface area contributed by atoms with Gasteiger partial charge in [-0.25, -0.2) is 19.9 Å². The van der Waals surface area contributed by atoms with Crippen LogP contribution in [0.1, 0.15) is 23.9 Å². The summed E-state index contributed by atoms with van der Waals surface area (Å²) in [7, 11) is 7.84. The lowest BCUT2D eigenvalue weighted by molar-refractivity contribution is 0.0219. The van der Waals surface area contributed by atoms with E-state index in [1.165, 1.54) is 0 Å². The monoisotopic (exact) mass is 388 g/mol. The summed E-state index contributed by atoms with van der Waals surface area (Å²) < 4.78 is 11.8. The molecule has 2 atom stereocenters. The molecular formula is C18H28N8O2. The molecule has 2 fully saturated rings. The van der Waals surface area contributed by atoms with Gasteiger partial charge in [0.2, 0.25) is 0 Å². The molecule has 2 aromatic heterocycles. The highest BCUT2D eigenvalue weighted by molar-refractivity contribution is 5.93. The third kappa shape index (κ3) is 3.72. The summed E-state index contributed by atoms with van der Waals surface area (Å²) in [4.78, 5) is 23.2. The topological polar surface area (TPSA) is 101 Å². The Balaban J connectivity index is 1.88. The predicted molar refractivity (Wildman–Crippen MR) is 107 cm³/mol. The number of rotatable bonds is 4. The number of morpholine rings is 2. The Labute approximate surface area is 164 Å². The minimum Gasteiger partial charge on any atom is -0.368 e. The average Bonchev–Trinajstić information content (AvgIpc) is 2.73. The number of ether oxygens (including phenoxy) is 2. The average molecular weight is 388 g/mol. The van der Waals surface area contributed by atoms with Gasteiger partial charge in [-0.2, -0.15) is 0 Å². The second-order valence-corrected chi connectivity index (χ2v) is 7.42. The quantitative estimate of drug-likeness (QED) is 0.737.